The number of aromatic amines is 1. The zero-order valence-electron chi connectivity index (χ0n) is 21.4. The molecule has 0 unspecified atom stereocenters. The highest BCUT2D eigenvalue weighted by Crippen LogP contribution is 2.36. The van der Waals surface area contributed by atoms with E-state index in [1.807, 2.05) is 6.07 Å². The van der Waals surface area contributed by atoms with Crippen LogP contribution in [0.1, 0.15) is 57.4 Å². The van der Waals surface area contributed by atoms with Crippen LogP contribution >= 0.6 is 0 Å². The normalized spacial score (nSPS) is 12.0. The van der Waals surface area contributed by atoms with Crippen LogP contribution in [0, 0.1) is 0 Å². The van der Waals surface area contributed by atoms with Crippen molar-refractivity contribution in [3.8, 4) is 34.2 Å². The maximum atomic E-state index is 6.36. The summed E-state index contributed by atoms with van der Waals surface area (Å²) in [4.78, 5) is 10.7. The Balaban J connectivity index is 1.69. The van der Waals surface area contributed by atoms with Crippen molar-refractivity contribution < 1.29 is 4.42 Å². The average molecular weight is 456 g/mol. The van der Waals surface area contributed by atoms with E-state index in [-0.39, 0.29) is 5.41 Å². The number of nitrogens with zero attached hydrogens (tertiary/aromatic N) is 2. The lowest BCUT2D eigenvalue weighted by Crippen LogP contribution is -2.12. The minimum absolute atomic E-state index is 0.0313. The van der Waals surface area contributed by atoms with Gasteiger partial charge in [0.2, 0.25) is 0 Å². The molecule has 2 aromatic heterocycles. The minimum Gasteiger partial charge on any atom is -0.453 e. The predicted molar refractivity (Wildman–Crippen MR) is 142 cm³/mol. The van der Waals surface area contributed by atoms with Gasteiger partial charge < -0.3 is 14.3 Å². The van der Waals surface area contributed by atoms with Crippen molar-refractivity contribution >= 4 is 0 Å². The van der Waals surface area contributed by atoms with E-state index in [2.05, 4.69) is 106 Å². The summed E-state index contributed by atoms with van der Waals surface area (Å²) in [5, 5.41) is 0. The fraction of sp³-hybridized carbons (Fsp3) is 0.367. The number of hydrogen-bond acceptors (Lipinski definition) is 3. The largest absolute Gasteiger partial charge is 0.453 e. The Morgan fingerprint density at radius 3 is 2.29 bits per heavy atom. The van der Waals surface area contributed by atoms with Gasteiger partial charge in [0.15, 0.2) is 11.6 Å². The van der Waals surface area contributed by atoms with E-state index in [4.69, 9.17) is 9.40 Å². The van der Waals surface area contributed by atoms with E-state index < -0.39 is 0 Å². The topological polar surface area (TPSA) is 45.1 Å². The highest BCUT2D eigenvalue weighted by Gasteiger charge is 2.21. The third-order valence-corrected chi connectivity index (χ3v) is 6.14. The monoisotopic (exact) mass is 455 g/mol. The SMILES string of the molecule is CCCCc1ccc(-c2nc(-c3ccc(-c4ccccc4C(C)(C)C)o3)[nH]c2CN(C)C)cc1. The Morgan fingerprint density at radius 1 is 0.912 bits per heavy atom. The van der Waals surface area contributed by atoms with Gasteiger partial charge in [-0.1, -0.05) is 82.6 Å². The Bertz CT molecular complexity index is 1220. The molecule has 2 aromatic carbocycles. The van der Waals surface area contributed by atoms with E-state index in [0.717, 1.165) is 52.8 Å². The molecule has 0 fully saturated rings. The summed E-state index contributed by atoms with van der Waals surface area (Å²) in [7, 11) is 4.15. The first-order valence-corrected chi connectivity index (χ1v) is 12.3. The molecule has 4 rings (SSSR count). The first kappa shape index (κ1) is 24.0. The average Bonchev–Trinajstić information content (AvgIpc) is 3.45. The molecule has 0 saturated heterocycles. The number of unbranched alkanes of at least 4 members (excludes halogenated alkanes) is 1. The van der Waals surface area contributed by atoms with Crippen molar-refractivity contribution in [1.29, 1.82) is 0 Å². The summed E-state index contributed by atoms with van der Waals surface area (Å²) in [5.41, 5.74) is 7.02. The molecule has 0 aliphatic heterocycles. The second-order valence-electron chi connectivity index (χ2n) is 10.4. The molecule has 0 radical (unpaired) electrons. The summed E-state index contributed by atoms with van der Waals surface area (Å²) in [6.45, 7) is 9.70. The third-order valence-electron chi connectivity index (χ3n) is 6.14. The van der Waals surface area contributed by atoms with Crippen molar-refractivity contribution in [2.24, 2.45) is 0 Å². The number of aromatic nitrogens is 2. The fourth-order valence-corrected chi connectivity index (χ4v) is 4.37. The summed E-state index contributed by atoms with van der Waals surface area (Å²) >= 11 is 0. The minimum atomic E-state index is 0.0313. The molecule has 0 spiro atoms. The zero-order valence-corrected chi connectivity index (χ0v) is 21.4. The Morgan fingerprint density at radius 2 is 1.62 bits per heavy atom. The second kappa shape index (κ2) is 10.0. The number of imidazole rings is 1. The highest BCUT2D eigenvalue weighted by molar-refractivity contribution is 5.69. The van der Waals surface area contributed by atoms with Gasteiger partial charge in [-0.25, -0.2) is 4.98 Å². The maximum absolute atomic E-state index is 6.36. The van der Waals surface area contributed by atoms with Gasteiger partial charge in [-0.2, -0.15) is 0 Å². The molecule has 4 aromatic rings. The highest BCUT2D eigenvalue weighted by atomic mass is 16.3. The van der Waals surface area contributed by atoms with Crippen LogP contribution in [0.25, 0.3) is 34.2 Å². The van der Waals surface area contributed by atoms with Gasteiger partial charge in [-0.05, 0) is 55.6 Å². The molecular weight excluding hydrogens is 418 g/mol. The van der Waals surface area contributed by atoms with Gasteiger partial charge in [0.1, 0.15) is 5.76 Å². The standard InChI is InChI=1S/C30H37N3O/c1-7-8-11-21-14-16-22(17-15-21)28-25(20-33(5)6)31-29(32-28)27-19-18-26(34-27)23-12-9-10-13-24(23)30(2,3)4/h9-10,12-19H,7-8,11,20H2,1-6H3,(H,31,32). The van der Waals surface area contributed by atoms with Crippen molar-refractivity contribution in [3.05, 3.63) is 77.5 Å². The van der Waals surface area contributed by atoms with E-state index in [1.54, 1.807) is 0 Å². The maximum Gasteiger partial charge on any atom is 0.174 e. The second-order valence-corrected chi connectivity index (χ2v) is 10.4. The van der Waals surface area contributed by atoms with Crippen LogP contribution in [-0.4, -0.2) is 29.0 Å². The van der Waals surface area contributed by atoms with E-state index in [1.165, 1.54) is 24.0 Å². The summed E-state index contributed by atoms with van der Waals surface area (Å²) in [5.74, 6) is 2.39. The van der Waals surface area contributed by atoms with Crippen molar-refractivity contribution in [2.45, 2.75) is 58.9 Å². The molecule has 34 heavy (non-hydrogen) atoms. The van der Waals surface area contributed by atoms with Crippen LogP contribution in [0.5, 0.6) is 0 Å². The van der Waals surface area contributed by atoms with Gasteiger partial charge >= 0.3 is 0 Å². The van der Waals surface area contributed by atoms with Gasteiger partial charge in [0.05, 0.1) is 11.4 Å². The van der Waals surface area contributed by atoms with E-state index in [0.29, 0.717) is 0 Å². The molecule has 0 saturated carbocycles. The molecule has 0 atom stereocenters. The molecular formula is C30H37N3O. The Kier molecular flexibility index (Phi) is 7.08. The summed E-state index contributed by atoms with van der Waals surface area (Å²) in [6.07, 6.45) is 3.55. The van der Waals surface area contributed by atoms with E-state index >= 15 is 0 Å². The molecule has 178 valence electrons. The Hall–Kier alpha value is -3.11. The molecule has 1 N–H and O–H groups in total. The zero-order chi connectivity index (χ0) is 24.3. The van der Waals surface area contributed by atoms with Gasteiger partial charge in [0.25, 0.3) is 0 Å². The first-order chi connectivity index (χ1) is 16.3. The molecule has 2 heterocycles. The first-order valence-electron chi connectivity index (χ1n) is 12.3. The quantitative estimate of drug-likeness (QED) is 0.296. The number of hydrogen-bond donors (Lipinski definition) is 1. The fourth-order valence-electron chi connectivity index (χ4n) is 4.37. The number of furan rings is 1. The molecule has 0 aliphatic carbocycles. The number of benzene rings is 2. The number of rotatable bonds is 8. The van der Waals surface area contributed by atoms with Crippen LogP contribution in [0.3, 0.4) is 0 Å². The van der Waals surface area contributed by atoms with Crippen molar-refractivity contribution in [2.75, 3.05) is 14.1 Å². The number of aryl methyl sites for hydroxylation is 1. The van der Waals surface area contributed by atoms with Gasteiger partial charge in [0, 0.05) is 17.7 Å². The van der Waals surface area contributed by atoms with Crippen LogP contribution < -0.4 is 0 Å². The summed E-state index contributed by atoms with van der Waals surface area (Å²) < 4.78 is 6.36. The van der Waals surface area contributed by atoms with Crippen molar-refractivity contribution in [1.82, 2.24) is 14.9 Å². The molecule has 0 amide bonds. The molecule has 4 heteroatoms. The van der Waals surface area contributed by atoms with Crippen LogP contribution in [0.15, 0.2) is 65.1 Å². The lowest BCUT2D eigenvalue weighted by atomic mass is 9.83. The van der Waals surface area contributed by atoms with Crippen LogP contribution in [-0.2, 0) is 18.4 Å². The van der Waals surface area contributed by atoms with E-state index in [9.17, 15) is 0 Å². The predicted octanol–water partition coefficient (Wildman–Crippen LogP) is 7.71. The number of H-pyrrole nitrogens is 1. The molecule has 0 bridgehead atoms. The van der Waals surface area contributed by atoms with Crippen LogP contribution in [0.2, 0.25) is 0 Å². The molecule has 4 nitrogen and oxygen atoms in total. The van der Waals surface area contributed by atoms with Crippen LogP contribution in [0.4, 0.5) is 0 Å². The smallest absolute Gasteiger partial charge is 0.174 e. The van der Waals surface area contributed by atoms with Crippen molar-refractivity contribution in [3.63, 3.8) is 0 Å². The van der Waals surface area contributed by atoms with Gasteiger partial charge in [-0.3, -0.25) is 0 Å². The number of nitrogens with one attached hydrogen (secondary N) is 1. The lowest BCUT2D eigenvalue weighted by Gasteiger charge is -2.21. The lowest BCUT2D eigenvalue weighted by molar-refractivity contribution is 0.398. The van der Waals surface area contributed by atoms with Gasteiger partial charge in [-0.15, -0.1) is 0 Å². The third kappa shape index (κ3) is 5.34. The Labute approximate surface area is 204 Å². The molecule has 0 aliphatic rings. The summed E-state index contributed by atoms with van der Waals surface area (Å²) in [6, 6.07) is 21.4.